The highest BCUT2D eigenvalue weighted by molar-refractivity contribution is 7.87. The van der Waals surface area contributed by atoms with Crippen LogP contribution < -0.4 is 4.72 Å². The van der Waals surface area contributed by atoms with Gasteiger partial charge in [-0.25, -0.2) is 14.1 Å². The fourth-order valence-electron chi connectivity index (χ4n) is 3.97. The van der Waals surface area contributed by atoms with E-state index in [9.17, 15) is 12.8 Å². The summed E-state index contributed by atoms with van der Waals surface area (Å²) in [6.45, 7) is 0.528. The summed E-state index contributed by atoms with van der Waals surface area (Å²) in [5, 5.41) is 6.89. The maximum absolute atomic E-state index is 13.8. The molecule has 0 bridgehead atoms. The summed E-state index contributed by atoms with van der Waals surface area (Å²) in [5.41, 5.74) is 2.73. The number of hydrogen-bond donors (Lipinski definition) is 1. The van der Waals surface area contributed by atoms with Crippen LogP contribution in [-0.4, -0.2) is 62.3 Å². The molecular weight excluding hydrogens is 453 g/mol. The van der Waals surface area contributed by atoms with Gasteiger partial charge in [-0.15, -0.1) is 0 Å². The number of hydrazone groups is 1. The van der Waals surface area contributed by atoms with Crippen LogP contribution in [0.4, 0.5) is 4.39 Å². The van der Waals surface area contributed by atoms with Crippen LogP contribution in [-0.2, 0) is 10.2 Å². The number of piperidine rings is 1. The van der Waals surface area contributed by atoms with Crippen LogP contribution in [0, 0.1) is 0 Å². The first-order valence-electron chi connectivity index (χ1n) is 10.4. The van der Waals surface area contributed by atoms with Gasteiger partial charge in [-0.2, -0.15) is 17.8 Å². The van der Waals surface area contributed by atoms with Gasteiger partial charge in [0.05, 0.1) is 12.3 Å². The molecule has 4 rings (SSSR count). The second-order valence-corrected chi connectivity index (χ2v) is 9.90. The van der Waals surface area contributed by atoms with E-state index in [-0.39, 0.29) is 25.0 Å². The first-order chi connectivity index (χ1) is 15.4. The highest BCUT2D eigenvalue weighted by Crippen LogP contribution is 2.29. The molecule has 0 spiro atoms. The molecule has 10 heteroatoms. The third kappa shape index (κ3) is 4.95. The molecule has 1 N–H and O–H groups in total. The molecule has 32 heavy (non-hydrogen) atoms. The van der Waals surface area contributed by atoms with Crippen LogP contribution in [0.15, 0.2) is 64.7 Å². The maximum Gasteiger partial charge on any atom is 0.304 e. The summed E-state index contributed by atoms with van der Waals surface area (Å²) in [6, 6.07) is 17.3. The first kappa shape index (κ1) is 22.7. The fourth-order valence-corrected chi connectivity index (χ4v) is 5.38. The highest BCUT2D eigenvalue weighted by atomic mass is 35.5. The molecule has 0 radical (unpaired) electrons. The number of aliphatic imine (C=N–C) groups is 1. The van der Waals surface area contributed by atoms with E-state index in [0.717, 1.165) is 21.1 Å². The summed E-state index contributed by atoms with van der Waals surface area (Å²) in [4.78, 5) is 4.14. The average molecular weight is 478 g/mol. The van der Waals surface area contributed by atoms with Gasteiger partial charge in [0, 0.05) is 31.1 Å². The molecular formula is C22H25ClFN5O2S. The second kappa shape index (κ2) is 9.56. The predicted octanol–water partition coefficient (Wildman–Crippen LogP) is 3.40. The van der Waals surface area contributed by atoms with Gasteiger partial charge >= 0.3 is 10.2 Å². The van der Waals surface area contributed by atoms with Crippen molar-refractivity contribution in [3.05, 3.63) is 70.7 Å². The van der Waals surface area contributed by atoms with Gasteiger partial charge in [0.2, 0.25) is 5.96 Å². The predicted molar refractivity (Wildman–Crippen MR) is 125 cm³/mol. The first-order valence-corrected chi connectivity index (χ1v) is 12.2. The van der Waals surface area contributed by atoms with Crippen LogP contribution in [0.2, 0.25) is 5.02 Å². The van der Waals surface area contributed by atoms with Crippen molar-refractivity contribution in [1.82, 2.24) is 14.0 Å². The molecule has 0 saturated carbocycles. The molecule has 2 aromatic rings. The Morgan fingerprint density at radius 3 is 2.53 bits per heavy atom. The largest absolute Gasteiger partial charge is 0.304 e. The van der Waals surface area contributed by atoms with Crippen molar-refractivity contribution in [2.45, 2.75) is 24.9 Å². The van der Waals surface area contributed by atoms with E-state index in [4.69, 9.17) is 16.7 Å². The summed E-state index contributed by atoms with van der Waals surface area (Å²) < 4.78 is 43.2. The number of halogens is 2. The number of benzene rings is 2. The van der Waals surface area contributed by atoms with Gasteiger partial charge in [-0.1, -0.05) is 54.1 Å². The Bertz CT molecular complexity index is 1110. The Hall–Kier alpha value is -2.49. The van der Waals surface area contributed by atoms with E-state index < -0.39 is 16.4 Å². The monoisotopic (exact) mass is 477 g/mol. The van der Waals surface area contributed by atoms with E-state index in [1.165, 1.54) is 7.05 Å². The van der Waals surface area contributed by atoms with Crippen LogP contribution in [0.25, 0.3) is 0 Å². The molecule has 1 fully saturated rings. The summed E-state index contributed by atoms with van der Waals surface area (Å²) in [5.74, 6) is -0.000264. The highest BCUT2D eigenvalue weighted by Gasteiger charge is 2.35. The zero-order valence-electron chi connectivity index (χ0n) is 17.7. The minimum absolute atomic E-state index is 0.0934. The molecule has 2 aromatic carbocycles. The number of guanidine groups is 1. The number of hydrogen-bond acceptors (Lipinski definition) is 4. The smallest absolute Gasteiger partial charge is 0.254 e. The third-order valence-electron chi connectivity index (χ3n) is 5.60. The van der Waals surface area contributed by atoms with E-state index >= 15 is 0 Å². The molecule has 0 amide bonds. The average Bonchev–Trinajstić information content (AvgIpc) is 3.24. The molecule has 2 heterocycles. The molecule has 1 saturated heterocycles. The molecule has 2 aliphatic rings. The van der Waals surface area contributed by atoms with Gasteiger partial charge in [-0.05, 0) is 36.1 Å². The SMILES string of the molecule is CN=C(NS(=O)(=O)N1CCCC(F)C1)N1CC(c2ccccc2)C(c2ccc(Cl)cc2)=N1. The van der Waals surface area contributed by atoms with Crippen molar-refractivity contribution in [3.63, 3.8) is 0 Å². The number of alkyl halides is 1. The van der Waals surface area contributed by atoms with E-state index in [1.54, 1.807) is 17.1 Å². The Morgan fingerprint density at radius 1 is 1.16 bits per heavy atom. The van der Waals surface area contributed by atoms with Crippen molar-refractivity contribution in [2.75, 3.05) is 26.7 Å². The van der Waals surface area contributed by atoms with Crippen LogP contribution in [0.1, 0.15) is 29.9 Å². The van der Waals surface area contributed by atoms with Crippen molar-refractivity contribution >= 4 is 33.5 Å². The third-order valence-corrected chi connectivity index (χ3v) is 7.30. The standard InChI is InChI=1S/C22H25ClFN5O2S/c1-25-22(27-32(30,31)28-13-5-8-19(24)14-28)29-15-20(16-6-3-2-4-7-16)21(26-29)17-9-11-18(23)12-10-17/h2-4,6-7,9-12,19-20H,5,8,13-15H2,1H3,(H,25,27). The Morgan fingerprint density at radius 2 is 1.88 bits per heavy atom. The Labute approximate surface area is 192 Å². The zero-order chi connectivity index (χ0) is 22.7. The van der Waals surface area contributed by atoms with Gasteiger partial charge in [-0.3, -0.25) is 4.99 Å². The molecule has 2 unspecified atom stereocenters. The fraction of sp³-hybridized carbons (Fsp3) is 0.364. The van der Waals surface area contributed by atoms with Crippen LogP contribution in [0.3, 0.4) is 0 Å². The number of nitrogens with one attached hydrogen (secondary N) is 1. The lowest BCUT2D eigenvalue weighted by atomic mass is 9.91. The van der Waals surface area contributed by atoms with Crippen molar-refractivity contribution < 1.29 is 12.8 Å². The van der Waals surface area contributed by atoms with Crippen molar-refractivity contribution in [2.24, 2.45) is 10.1 Å². The number of rotatable bonds is 4. The molecule has 2 atom stereocenters. The quantitative estimate of drug-likeness (QED) is 0.541. The van der Waals surface area contributed by atoms with Crippen LogP contribution in [0.5, 0.6) is 0 Å². The minimum Gasteiger partial charge on any atom is -0.254 e. The van der Waals surface area contributed by atoms with E-state index in [0.29, 0.717) is 24.4 Å². The van der Waals surface area contributed by atoms with E-state index in [2.05, 4.69) is 9.71 Å². The molecule has 0 aromatic heterocycles. The van der Waals surface area contributed by atoms with Gasteiger partial charge in [0.1, 0.15) is 6.17 Å². The van der Waals surface area contributed by atoms with Gasteiger partial charge in [0.15, 0.2) is 0 Å². The molecule has 0 aliphatic carbocycles. The maximum atomic E-state index is 13.8. The summed E-state index contributed by atoms with van der Waals surface area (Å²) in [6.07, 6.45) is -0.300. The topological polar surface area (TPSA) is 77.4 Å². The lowest BCUT2D eigenvalue weighted by Gasteiger charge is -2.29. The van der Waals surface area contributed by atoms with Gasteiger partial charge in [0.25, 0.3) is 0 Å². The zero-order valence-corrected chi connectivity index (χ0v) is 19.2. The molecule has 170 valence electrons. The van der Waals surface area contributed by atoms with Crippen molar-refractivity contribution in [1.29, 1.82) is 0 Å². The van der Waals surface area contributed by atoms with E-state index in [1.807, 2.05) is 42.5 Å². The van der Waals surface area contributed by atoms with Gasteiger partial charge < -0.3 is 0 Å². The Kier molecular flexibility index (Phi) is 6.78. The lowest BCUT2D eigenvalue weighted by molar-refractivity contribution is 0.202. The number of nitrogens with zero attached hydrogens (tertiary/aromatic N) is 4. The molecule has 2 aliphatic heterocycles. The second-order valence-electron chi connectivity index (χ2n) is 7.79. The summed E-state index contributed by atoms with van der Waals surface area (Å²) in [7, 11) is -2.45. The molecule has 7 nitrogen and oxygen atoms in total. The van der Waals surface area contributed by atoms with Crippen LogP contribution >= 0.6 is 11.6 Å². The Balaban J connectivity index is 1.62. The normalized spacial score (nSPS) is 22.7. The summed E-state index contributed by atoms with van der Waals surface area (Å²) >= 11 is 6.05. The minimum atomic E-state index is -3.95. The van der Waals surface area contributed by atoms with Crippen molar-refractivity contribution in [3.8, 4) is 0 Å². The lowest BCUT2D eigenvalue weighted by Crippen LogP contribution is -2.51.